The number of amides is 2. The molecule has 136 valence electrons. The van der Waals surface area contributed by atoms with E-state index in [1.165, 1.54) is 0 Å². The number of hydrogen-bond donors (Lipinski definition) is 1. The van der Waals surface area contributed by atoms with Crippen LogP contribution in [0.5, 0.6) is 0 Å². The van der Waals surface area contributed by atoms with E-state index in [9.17, 15) is 14.7 Å². The van der Waals surface area contributed by atoms with Gasteiger partial charge in [-0.25, -0.2) is 0 Å². The third kappa shape index (κ3) is 2.73. The van der Waals surface area contributed by atoms with Crippen molar-refractivity contribution >= 4 is 17.5 Å². The van der Waals surface area contributed by atoms with E-state index in [0.717, 1.165) is 12.1 Å². The van der Waals surface area contributed by atoms with Gasteiger partial charge in [0.1, 0.15) is 0 Å². The molecule has 3 heterocycles. The molecule has 4 rings (SSSR count). The number of aryl methyl sites for hydroxylation is 1. The highest BCUT2D eigenvalue weighted by Crippen LogP contribution is 2.36. The molecule has 3 aliphatic rings. The quantitative estimate of drug-likeness (QED) is 0.776. The fourth-order valence-corrected chi connectivity index (χ4v) is 4.27. The molecule has 0 aromatic carbocycles. The molecule has 0 unspecified atom stereocenters. The summed E-state index contributed by atoms with van der Waals surface area (Å²) in [7, 11) is 3.81. The van der Waals surface area contributed by atoms with E-state index < -0.39 is 0 Å². The second-order valence-electron chi connectivity index (χ2n) is 7.76. The third-order valence-corrected chi connectivity index (χ3v) is 6.04. The maximum atomic E-state index is 12.6. The molecule has 2 saturated heterocycles. The minimum Gasteiger partial charge on any atom is -0.393 e. The summed E-state index contributed by atoms with van der Waals surface area (Å²) in [6, 6.07) is 0. The molecular formula is C17H25N5O3. The zero-order valence-corrected chi connectivity index (χ0v) is 14.8. The highest BCUT2D eigenvalue weighted by Gasteiger charge is 2.50. The van der Waals surface area contributed by atoms with Gasteiger partial charge in [-0.3, -0.25) is 19.2 Å². The van der Waals surface area contributed by atoms with Crippen LogP contribution in [0.2, 0.25) is 0 Å². The van der Waals surface area contributed by atoms with Crippen LogP contribution in [0.1, 0.15) is 19.3 Å². The standard InChI is InChI=1S/C17H25N5O3/c1-19-9-15(24)22(13-7-18-20(2)8-13)11-17(19)3-4-21(10-17)16(25)12-5-14(23)6-12/h7-8,12,14,23H,3-6,9-11H2,1-2H3/t12?,14?,17-/m0/s1. The first-order valence-electron chi connectivity index (χ1n) is 8.85. The molecule has 1 saturated carbocycles. The van der Waals surface area contributed by atoms with Crippen molar-refractivity contribution in [2.24, 2.45) is 13.0 Å². The summed E-state index contributed by atoms with van der Waals surface area (Å²) in [5.74, 6) is 0.184. The van der Waals surface area contributed by atoms with Gasteiger partial charge in [-0.05, 0) is 26.3 Å². The zero-order chi connectivity index (χ0) is 17.8. The molecule has 25 heavy (non-hydrogen) atoms. The van der Waals surface area contributed by atoms with Gasteiger partial charge in [-0.2, -0.15) is 5.10 Å². The summed E-state index contributed by atoms with van der Waals surface area (Å²) in [6.07, 6.45) is 5.27. The topological polar surface area (TPSA) is 81.9 Å². The van der Waals surface area contributed by atoms with Crippen LogP contribution >= 0.6 is 0 Å². The number of anilines is 1. The average Bonchev–Trinajstić information content (AvgIpc) is 3.15. The van der Waals surface area contributed by atoms with Crippen LogP contribution < -0.4 is 4.90 Å². The second kappa shape index (κ2) is 5.81. The molecule has 1 spiro atoms. The number of aromatic nitrogens is 2. The van der Waals surface area contributed by atoms with Gasteiger partial charge in [0, 0.05) is 38.8 Å². The number of likely N-dealkylation sites (tertiary alicyclic amines) is 1. The monoisotopic (exact) mass is 347 g/mol. The van der Waals surface area contributed by atoms with E-state index in [4.69, 9.17) is 0 Å². The maximum Gasteiger partial charge on any atom is 0.241 e. The van der Waals surface area contributed by atoms with Gasteiger partial charge in [0.25, 0.3) is 0 Å². The minimum absolute atomic E-state index is 0.0323. The molecule has 1 aliphatic carbocycles. The molecule has 1 atom stereocenters. The molecule has 3 fully saturated rings. The Balaban J connectivity index is 1.50. The Morgan fingerprint density at radius 2 is 2.08 bits per heavy atom. The predicted molar refractivity (Wildman–Crippen MR) is 90.8 cm³/mol. The fourth-order valence-electron chi connectivity index (χ4n) is 4.27. The van der Waals surface area contributed by atoms with Crippen LogP contribution in [0.4, 0.5) is 5.69 Å². The zero-order valence-electron chi connectivity index (χ0n) is 14.8. The smallest absolute Gasteiger partial charge is 0.241 e. The summed E-state index contributed by atoms with van der Waals surface area (Å²) >= 11 is 0. The molecule has 8 heteroatoms. The molecule has 1 N–H and O–H groups in total. The Hall–Kier alpha value is -1.93. The summed E-state index contributed by atoms with van der Waals surface area (Å²) < 4.78 is 1.69. The molecular weight excluding hydrogens is 322 g/mol. The van der Waals surface area contributed by atoms with E-state index in [0.29, 0.717) is 39.0 Å². The van der Waals surface area contributed by atoms with Gasteiger partial charge < -0.3 is 14.9 Å². The van der Waals surface area contributed by atoms with Gasteiger partial charge in [0.15, 0.2) is 0 Å². The van der Waals surface area contributed by atoms with Crippen LogP contribution in [0.25, 0.3) is 0 Å². The number of hydrogen-bond acceptors (Lipinski definition) is 5. The minimum atomic E-state index is -0.318. The SMILES string of the molecule is CN1CC(=O)N(c2cnn(C)c2)C[C@@]12CCN(C(=O)C1CC(O)C1)C2. The Kier molecular flexibility index (Phi) is 3.84. The van der Waals surface area contributed by atoms with Crippen LogP contribution in [-0.4, -0.2) is 81.4 Å². The first-order chi connectivity index (χ1) is 11.9. The molecule has 2 amide bonds. The third-order valence-electron chi connectivity index (χ3n) is 6.04. The molecule has 0 radical (unpaired) electrons. The summed E-state index contributed by atoms with van der Waals surface area (Å²) in [4.78, 5) is 31.0. The van der Waals surface area contributed by atoms with E-state index in [2.05, 4.69) is 10.00 Å². The van der Waals surface area contributed by atoms with Crippen molar-refractivity contribution in [2.45, 2.75) is 30.9 Å². The number of nitrogens with zero attached hydrogens (tertiary/aromatic N) is 5. The van der Waals surface area contributed by atoms with E-state index in [1.54, 1.807) is 15.8 Å². The maximum absolute atomic E-state index is 12.6. The van der Waals surface area contributed by atoms with Crippen molar-refractivity contribution < 1.29 is 14.7 Å². The molecule has 8 nitrogen and oxygen atoms in total. The lowest BCUT2D eigenvalue weighted by Crippen LogP contribution is -2.64. The Bertz CT molecular complexity index is 698. The lowest BCUT2D eigenvalue weighted by atomic mass is 9.81. The van der Waals surface area contributed by atoms with Gasteiger partial charge in [-0.15, -0.1) is 0 Å². The lowest BCUT2D eigenvalue weighted by Gasteiger charge is -2.46. The Morgan fingerprint density at radius 1 is 1.32 bits per heavy atom. The van der Waals surface area contributed by atoms with Crippen molar-refractivity contribution in [3.8, 4) is 0 Å². The fraction of sp³-hybridized carbons (Fsp3) is 0.706. The first-order valence-corrected chi connectivity index (χ1v) is 8.85. The van der Waals surface area contributed by atoms with Crippen LogP contribution in [0, 0.1) is 5.92 Å². The highest BCUT2D eigenvalue weighted by atomic mass is 16.3. The average molecular weight is 347 g/mol. The van der Waals surface area contributed by atoms with Crippen molar-refractivity contribution in [1.82, 2.24) is 19.6 Å². The summed E-state index contributed by atoms with van der Waals surface area (Å²) in [5, 5.41) is 13.6. The first kappa shape index (κ1) is 16.5. The number of carbonyl (C=O) groups is 2. The predicted octanol–water partition coefficient (Wildman–Crippen LogP) is -0.559. The van der Waals surface area contributed by atoms with Gasteiger partial charge in [0.2, 0.25) is 11.8 Å². The van der Waals surface area contributed by atoms with Gasteiger partial charge in [-0.1, -0.05) is 0 Å². The van der Waals surface area contributed by atoms with Crippen LogP contribution in [0.15, 0.2) is 12.4 Å². The molecule has 2 aliphatic heterocycles. The van der Waals surface area contributed by atoms with Crippen molar-refractivity contribution in [2.75, 3.05) is 38.1 Å². The number of piperazine rings is 1. The molecule has 1 aromatic rings. The van der Waals surface area contributed by atoms with E-state index in [-0.39, 0.29) is 29.4 Å². The van der Waals surface area contributed by atoms with Crippen LogP contribution in [0.3, 0.4) is 0 Å². The number of rotatable bonds is 2. The van der Waals surface area contributed by atoms with Gasteiger partial charge >= 0.3 is 0 Å². The van der Waals surface area contributed by atoms with Crippen molar-refractivity contribution in [3.05, 3.63) is 12.4 Å². The van der Waals surface area contributed by atoms with Crippen molar-refractivity contribution in [3.63, 3.8) is 0 Å². The van der Waals surface area contributed by atoms with Crippen LogP contribution in [-0.2, 0) is 16.6 Å². The largest absolute Gasteiger partial charge is 0.393 e. The number of carbonyl (C=O) groups excluding carboxylic acids is 2. The highest BCUT2D eigenvalue weighted by molar-refractivity contribution is 5.95. The van der Waals surface area contributed by atoms with E-state index >= 15 is 0 Å². The number of aliphatic hydroxyl groups excluding tert-OH is 1. The Labute approximate surface area is 147 Å². The van der Waals surface area contributed by atoms with Crippen molar-refractivity contribution in [1.29, 1.82) is 0 Å². The molecule has 0 bridgehead atoms. The number of aliphatic hydroxyl groups is 1. The summed E-state index contributed by atoms with van der Waals surface area (Å²) in [6.45, 7) is 2.27. The second-order valence-corrected chi connectivity index (χ2v) is 7.76. The summed E-state index contributed by atoms with van der Waals surface area (Å²) in [5.41, 5.74) is 0.605. The molecule has 1 aromatic heterocycles. The number of likely N-dealkylation sites (N-methyl/N-ethyl adjacent to an activating group) is 1. The van der Waals surface area contributed by atoms with E-state index in [1.807, 2.05) is 25.2 Å². The normalized spacial score (nSPS) is 33.2. The Morgan fingerprint density at radius 3 is 2.72 bits per heavy atom. The van der Waals surface area contributed by atoms with Gasteiger partial charge in [0.05, 0.1) is 30.1 Å². The lowest BCUT2D eigenvalue weighted by molar-refractivity contribution is -0.141.